The van der Waals surface area contributed by atoms with Crippen LogP contribution in [0.1, 0.15) is 30.6 Å². The lowest BCUT2D eigenvalue weighted by Crippen LogP contribution is -2.43. The van der Waals surface area contributed by atoms with Crippen LogP contribution in [0.5, 0.6) is 0 Å². The average molecular weight is 313 g/mol. The minimum atomic E-state index is -3.07. The van der Waals surface area contributed by atoms with Crippen LogP contribution in [0.2, 0.25) is 0 Å². The summed E-state index contributed by atoms with van der Waals surface area (Å²) >= 11 is 0. The summed E-state index contributed by atoms with van der Waals surface area (Å²) in [6.45, 7) is 4.40. The summed E-state index contributed by atoms with van der Waals surface area (Å²) in [5, 5.41) is 0. The smallest absolute Gasteiger partial charge is 0.254 e. The summed E-state index contributed by atoms with van der Waals surface area (Å²) < 4.78 is 36.6. The van der Waals surface area contributed by atoms with E-state index in [0.717, 1.165) is 0 Å². The number of sulfone groups is 1. The predicted molar refractivity (Wildman–Crippen MR) is 79.3 cm³/mol. The van der Waals surface area contributed by atoms with Crippen LogP contribution in [0.4, 0.5) is 4.39 Å². The van der Waals surface area contributed by atoms with Gasteiger partial charge < -0.3 is 4.90 Å². The second-order valence-electron chi connectivity index (χ2n) is 5.92. The van der Waals surface area contributed by atoms with Gasteiger partial charge in [0, 0.05) is 18.2 Å². The van der Waals surface area contributed by atoms with E-state index in [-0.39, 0.29) is 34.9 Å². The normalized spacial score (nSPS) is 20.7. The van der Waals surface area contributed by atoms with Gasteiger partial charge in [0.2, 0.25) is 0 Å². The average Bonchev–Trinajstić information content (AvgIpc) is 2.75. The molecular weight excluding hydrogens is 293 g/mol. The van der Waals surface area contributed by atoms with E-state index < -0.39 is 15.7 Å². The number of hydrogen-bond donors (Lipinski definition) is 0. The molecule has 2 rings (SSSR count). The maximum absolute atomic E-state index is 13.3. The third-order valence-corrected chi connectivity index (χ3v) is 5.29. The molecule has 0 radical (unpaired) electrons. The van der Waals surface area contributed by atoms with Crippen LogP contribution in [0, 0.1) is 11.7 Å². The molecule has 21 heavy (non-hydrogen) atoms. The highest BCUT2D eigenvalue weighted by molar-refractivity contribution is 7.91. The van der Waals surface area contributed by atoms with E-state index in [4.69, 9.17) is 0 Å². The Morgan fingerprint density at radius 3 is 2.67 bits per heavy atom. The molecule has 1 atom stereocenters. The fraction of sp³-hybridized carbons (Fsp3) is 0.533. The Morgan fingerprint density at radius 1 is 1.43 bits per heavy atom. The summed E-state index contributed by atoms with van der Waals surface area (Å²) in [4.78, 5) is 14.2. The van der Waals surface area contributed by atoms with E-state index >= 15 is 0 Å². The molecule has 4 nitrogen and oxygen atoms in total. The zero-order chi connectivity index (χ0) is 15.6. The maximum atomic E-state index is 13.3. The first-order chi connectivity index (χ1) is 9.78. The van der Waals surface area contributed by atoms with Crippen LogP contribution in [-0.4, -0.2) is 43.3 Å². The van der Waals surface area contributed by atoms with Crippen molar-refractivity contribution in [3.8, 4) is 0 Å². The van der Waals surface area contributed by atoms with Gasteiger partial charge in [0.05, 0.1) is 11.5 Å². The highest BCUT2D eigenvalue weighted by atomic mass is 32.2. The summed E-state index contributed by atoms with van der Waals surface area (Å²) in [6, 6.07) is 5.21. The van der Waals surface area contributed by atoms with Gasteiger partial charge in [0.1, 0.15) is 5.82 Å². The first kappa shape index (κ1) is 15.9. The Kier molecular flexibility index (Phi) is 4.66. The van der Waals surface area contributed by atoms with Gasteiger partial charge in [-0.1, -0.05) is 19.9 Å². The van der Waals surface area contributed by atoms with Crippen molar-refractivity contribution >= 4 is 15.7 Å². The van der Waals surface area contributed by atoms with Crippen molar-refractivity contribution in [2.75, 3.05) is 18.1 Å². The van der Waals surface area contributed by atoms with Gasteiger partial charge in [-0.25, -0.2) is 12.8 Å². The van der Waals surface area contributed by atoms with E-state index in [1.54, 1.807) is 11.0 Å². The highest BCUT2D eigenvalue weighted by Gasteiger charge is 2.35. The molecular formula is C15H20FNO3S. The molecule has 6 heteroatoms. The van der Waals surface area contributed by atoms with Crippen molar-refractivity contribution in [1.82, 2.24) is 4.90 Å². The Bertz CT molecular complexity index is 628. The number of carbonyl (C=O) groups excluding carboxylic acids is 1. The summed E-state index contributed by atoms with van der Waals surface area (Å²) in [6.07, 6.45) is 0.454. The molecule has 1 aromatic carbocycles. The van der Waals surface area contributed by atoms with E-state index in [0.29, 0.717) is 13.0 Å². The molecule has 1 fully saturated rings. The van der Waals surface area contributed by atoms with E-state index in [9.17, 15) is 17.6 Å². The van der Waals surface area contributed by atoms with Crippen LogP contribution in [0.25, 0.3) is 0 Å². The molecule has 0 aromatic heterocycles. The number of carbonyl (C=O) groups is 1. The molecule has 1 saturated heterocycles. The molecule has 0 bridgehead atoms. The fourth-order valence-electron chi connectivity index (χ4n) is 2.60. The lowest BCUT2D eigenvalue weighted by atomic mass is 10.1. The molecule has 0 unspecified atom stereocenters. The zero-order valence-corrected chi connectivity index (χ0v) is 13.1. The molecule has 0 N–H and O–H groups in total. The number of nitrogens with zero attached hydrogens (tertiary/aromatic N) is 1. The molecule has 0 aliphatic carbocycles. The second-order valence-corrected chi connectivity index (χ2v) is 8.15. The summed E-state index contributed by atoms with van der Waals surface area (Å²) in [7, 11) is -3.07. The van der Waals surface area contributed by atoms with Crippen molar-refractivity contribution in [2.45, 2.75) is 26.3 Å². The number of hydrogen-bond acceptors (Lipinski definition) is 3. The SMILES string of the molecule is CC(C)CN(C(=O)c1cccc(F)c1)[C@@H]1CCS(=O)(=O)C1. The molecule has 1 heterocycles. The Labute approximate surface area is 124 Å². The van der Waals surface area contributed by atoms with Gasteiger partial charge in [-0.05, 0) is 30.5 Å². The largest absolute Gasteiger partial charge is 0.334 e. The molecule has 1 aliphatic heterocycles. The van der Waals surface area contributed by atoms with Crippen molar-refractivity contribution in [1.29, 1.82) is 0 Å². The topological polar surface area (TPSA) is 54.5 Å². The van der Waals surface area contributed by atoms with Crippen LogP contribution >= 0.6 is 0 Å². The molecule has 0 saturated carbocycles. The fourth-order valence-corrected chi connectivity index (χ4v) is 4.33. The first-order valence-electron chi connectivity index (χ1n) is 7.05. The molecule has 116 valence electrons. The second kappa shape index (κ2) is 6.13. The number of amides is 1. The van der Waals surface area contributed by atoms with Gasteiger partial charge in [0.15, 0.2) is 9.84 Å². The van der Waals surface area contributed by atoms with Crippen LogP contribution in [0.15, 0.2) is 24.3 Å². The Hall–Kier alpha value is -1.43. The summed E-state index contributed by atoms with van der Waals surface area (Å²) in [5.41, 5.74) is 0.264. The van der Waals surface area contributed by atoms with Crippen molar-refractivity contribution in [2.24, 2.45) is 5.92 Å². The van der Waals surface area contributed by atoms with Crippen LogP contribution in [-0.2, 0) is 9.84 Å². The predicted octanol–water partition coefficient (Wildman–Crippen LogP) is 2.11. The number of rotatable bonds is 4. The Balaban J connectivity index is 2.26. The van der Waals surface area contributed by atoms with Gasteiger partial charge in [-0.15, -0.1) is 0 Å². The Morgan fingerprint density at radius 2 is 2.14 bits per heavy atom. The van der Waals surface area contributed by atoms with Gasteiger partial charge in [-0.3, -0.25) is 4.79 Å². The monoisotopic (exact) mass is 313 g/mol. The van der Waals surface area contributed by atoms with E-state index in [2.05, 4.69) is 0 Å². The summed E-state index contributed by atoms with van der Waals surface area (Å²) in [5.74, 6) is -0.441. The minimum Gasteiger partial charge on any atom is -0.334 e. The minimum absolute atomic E-state index is 0.000770. The van der Waals surface area contributed by atoms with E-state index in [1.165, 1.54) is 18.2 Å². The van der Waals surface area contributed by atoms with E-state index in [1.807, 2.05) is 13.8 Å². The van der Waals surface area contributed by atoms with Gasteiger partial charge >= 0.3 is 0 Å². The highest BCUT2D eigenvalue weighted by Crippen LogP contribution is 2.21. The molecule has 1 amide bonds. The zero-order valence-electron chi connectivity index (χ0n) is 12.3. The molecule has 0 spiro atoms. The van der Waals surface area contributed by atoms with Crippen molar-refractivity contribution in [3.63, 3.8) is 0 Å². The van der Waals surface area contributed by atoms with Crippen molar-refractivity contribution < 1.29 is 17.6 Å². The third-order valence-electron chi connectivity index (χ3n) is 3.54. The van der Waals surface area contributed by atoms with Gasteiger partial charge in [0.25, 0.3) is 5.91 Å². The lowest BCUT2D eigenvalue weighted by Gasteiger charge is -2.30. The molecule has 1 aromatic rings. The van der Waals surface area contributed by atoms with Crippen molar-refractivity contribution in [3.05, 3.63) is 35.6 Å². The quantitative estimate of drug-likeness (QED) is 0.855. The lowest BCUT2D eigenvalue weighted by molar-refractivity contribution is 0.0672. The number of benzene rings is 1. The van der Waals surface area contributed by atoms with Crippen LogP contribution in [0.3, 0.4) is 0 Å². The maximum Gasteiger partial charge on any atom is 0.254 e. The molecule has 1 aliphatic rings. The third kappa shape index (κ3) is 4.03. The van der Waals surface area contributed by atoms with Gasteiger partial charge in [-0.2, -0.15) is 0 Å². The van der Waals surface area contributed by atoms with Crippen LogP contribution < -0.4 is 0 Å². The first-order valence-corrected chi connectivity index (χ1v) is 8.87. The number of halogens is 1. The standard InChI is InChI=1S/C15H20FNO3S/c1-11(2)9-17(14-6-7-21(19,20)10-14)15(18)12-4-3-5-13(16)8-12/h3-5,8,11,14H,6-7,9-10H2,1-2H3/t14-/m1/s1.